The van der Waals surface area contributed by atoms with Crippen LogP contribution in [0, 0.1) is 19.8 Å². The molecule has 0 radical (unpaired) electrons. The molecule has 0 aliphatic rings. The molecule has 2 N–H and O–H groups in total. The number of ether oxygens (including phenoxy) is 1. The standard InChI is InChI=1S/C20H24N2O3/c1-13(2)20(24)22-16-6-5-7-18(11-16)25-12-19(23)21-17-9-8-14(3)15(4)10-17/h5-11,13H,12H2,1-4H3,(H,21,23)(H,22,24). The van der Waals surface area contributed by atoms with Crippen molar-refractivity contribution in [2.75, 3.05) is 17.2 Å². The van der Waals surface area contributed by atoms with Gasteiger partial charge >= 0.3 is 0 Å². The Morgan fingerprint density at radius 1 is 0.960 bits per heavy atom. The number of anilines is 2. The van der Waals surface area contributed by atoms with Crippen molar-refractivity contribution in [2.24, 2.45) is 5.92 Å². The molecule has 0 spiro atoms. The van der Waals surface area contributed by atoms with Gasteiger partial charge in [-0.3, -0.25) is 9.59 Å². The summed E-state index contributed by atoms with van der Waals surface area (Å²) < 4.78 is 5.51. The molecular formula is C20H24N2O3. The lowest BCUT2D eigenvalue weighted by atomic mass is 10.1. The van der Waals surface area contributed by atoms with Crippen molar-refractivity contribution in [1.82, 2.24) is 0 Å². The van der Waals surface area contributed by atoms with E-state index < -0.39 is 0 Å². The number of carbonyl (C=O) groups excluding carboxylic acids is 2. The minimum atomic E-state index is -0.236. The van der Waals surface area contributed by atoms with E-state index in [-0.39, 0.29) is 24.3 Å². The van der Waals surface area contributed by atoms with E-state index >= 15 is 0 Å². The van der Waals surface area contributed by atoms with Crippen LogP contribution in [-0.2, 0) is 9.59 Å². The summed E-state index contributed by atoms with van der Waals surface area (Å²) in [6.07, 6.45) is 0. The zero-order valence-electron chi connectivity index (χ0n) is 15.1. The van der Waals surface area contributed by atoms with Crippen molar-refractivity contribution < 1.29 is 14.3 Å². The highest BCUT2D eigenvalue weighted by molar-refractivity contribution is 5.93. The number of rotatable bonds is 6. The van der Waals surface area contributed by atoms with Gasteiger partial charge in [0.15, 0.2) is 6.61 Å². The lowest BCUT2D eigenvalue weighted by Crippen LogP contribution is -2.20. The van der Waals surface area contributed by atoms with E-state index in [2.05, 4.69) is 10.6 Å². The fourth-order valence-corrected chi connectivity index (χ4v) is 2.12. The molecule has 0 atom stereocenters. The monoisotopic (exact) mass is 340 g/mol. The first-order valence-corrected chi connectivity index (χ1v) is 8.26. The smallest absolute Gasteiger partial charge is 0.262 e. The van der Waals surface area contributed by atoms with E-state index in [0.29, 0.717) is 11.4 Å². The Balaban J connectivity index is 1.91. The van der Waals surface area contributed by atoms with Crippen molar-refractivity contribution in [3.05, 3.63) is 53.6 Å². The normalized spacial score (nSPS) is 10.4. The molecule has 0 aromatic heterocycles. The number of nitrogens with one attached hydrogen (secondary N) is 2. The van der Waals surface area contributed by atoms with Crippen LogP contribution in [0.4, 0.5) is 11.4 Å². The number of amides is 2. The number of hydrogen-bond acceptors (Lipinski definition) is 3. The van der Waals surface area contributed by atoms with Gasteiger partial charge in [-0.25, -0.2) is 0 Å². The fraction of sp³-hybridized carbons (Fsp3) is 0.300. The molecule has 2 aromatic carbocycles. The zero-order valence-corrected chi connectivity index (χ0v) is 15.1. The average Bonchev–Trinajstić information content (AvgIpc) is 2.56. The van der Waals surface area contributed by atoms with Crippen LogP contribution in [0.1, 0.15) is 25.0 Å². The average molecular weight is 340 g/mol. The fourth-order valence-electron chi connectivity index (χ4n) is 2.12. The van der Waals surface area contributed by atoms with Crippen molar-refractivity contribution >= 4 is 23.2 Å². The van der Waals surface area contributed by atoms with E-state index in [1.165, 1.54) is 5.56 Å². The molecule has 0 saturated carbocycles. The molecule has 0 bridgehead atoms. The SMILES string of the molecule is Cc1ccc(NC(=O)COc2cccc(NC(=O)C(C)C)c2)cc1C. The summed E-state index contributed by atoms with van der Waals surface area (Å²) in [4.78, 5) is 23.8. The Morgan fingerprint density at radius 2 is 1.68 bits per heavy atom. The molecule has 2 aromatic rings. The zero-order chi connectivity index (χ0) is 18.4. The van der Waals surface area contributed by atoms with Gasteiger partial charge in [-0.05, 0) is 49.2 Å². The third-order valence-electron chi connectivity index (χ3n) is 3.79. The quantitative estimate of drug-likeness (QED) is 0.837. The Labute approximate surface area is 148 Å². The molecule has 5 nitrogen and oxygen atoms in total. The number of hydrogen-bond donors (Lipinski definition) is 2. The Morgan fingerprint density at radius 3 is 2.36 bits per heavy atom. The highest BCUT2D eigenvalue weighted by atomic mass is 16.5. The second kappa shape index (κ2) is 8.33. The van der Waals surface area contributed by atoms with Gasteiger partial charge in [0, 0.05) is 23.4 Å². The van der Waals surface area contributed by atoms with Crippen LogP contribution in [0.15, 0.2) is 42.5 Å². The second-order valence-corrected chi connectivity index (χ2v) is 6.31. The third-order valence-corrected chi connectivity index (χ3v) is 3.79. The van der Waals surface area contributed by atoms with Crippen LogP contribution in [0.25, 0.3) is 0 Å². The largest absolute Gasteiger partial charge is 0.484 e. The topological polar surface area (TPSA) is 67.4 Å². The van der Waals surface area contributed by atoms with Gasteiger partial charge in [-0.2, -0.15) is 0 Å². The van der Waals surface area contributed by atoms with E-state index in [9.17, 15) is 9.59 Å². The molecule has 132 valence electrons. The molecule has 5 heteroatoms. The van der Waals surface area contributed by atoms with Crippen molar-refractivity contribution in [3.8, 4) is 5.75 Å². The maximum absolute atomic E-state index is 12.0. The molecule has 2 rings (SSSR count). The summed E-state index contributed by atoms with van der Waals surface area (Å²) >= 11 is 0. The first-order valence-electron chi connectivity index (χ1n) is 8.26. The van der Waals surface area contributed by atoms with Gasteiger partial charge in [0.05, 0.1) is 0 Å². The second-order valence-electron chi connectivity index (χ2n) is 6.31. The summed E-state index contributed by atoms with van der Waals surface area (Å²) in [7, 11) is 0. The summed E-state index contributed by atoms with van der Waals surface area (Å²) in [6, 6.07) is 12.7. The van der Waals surface area contributed by atoms with E-state index in [4.69, 9.17) is 4.74 Å². The molecule has 2 amide bonds. The van der Waals surface area contributed by atoms with Crippen LogP contribution >= 0.6 is 0 Å². The molecule has 0 fully saturated rings. The summed E-state index contributed by atoms with van der Waals surface area (Å²) in [6.45, 7) is 7.57. The van der Waals surface area contributed by atoms with E-state index in [1.54, 1.807) is 24.3 Å². The molecule has 0 heterocycles. The molecule has 0 saturated heterocycles. The minimum absolute atomic E-state index is 0.0652. The summed E-state index contributed by atoms with van der Waals surface area (Å²) in [5, 5.41) is 5.61. The van der Waals surface area contributed by atoms with Crippen LogP contribution in [0.2, 0.25) is 0 Å². The van der Waals surface area contributed by atoms with E-state index in [1.807, 2.05) is 45.9 Å². The first-order chi connectivity index (χ1) is 11.8. The van der Waals surface area contributed by atoms with Crippen LogP contribution in [-0.4, -0.2) is 18.4 Å². The first kappa shape index (κ1) is 18.5. The molecule has 0 aliphatic heterocycles. The van der Waals surface area contributed by atoms with Gasteiger partial charge in [0.2, 0.25) is 5.91 Å². The van der Waals surface area contributed by atoms with Gasteiger partial charge < -0.3 is 15.4 Å². The van der Waals surface area contributed by atoms with Gasteiger partial charge in [0.25, 0.3) is 5.91 Å². The van der Waals surface area contributed by atoms with Crippen LogP contribution in [0.5, 0.6) is 5.75 Å². The lowest BCUT2D eigenvalue weighted by Gasteiger charge is -2.11. The Hall–Kier alpha value is -2.82. The van der Waals surface area contributed by atoms with Crippen molar-refractivity contribution in [3.63, 3.8) is 0 Å². The molecular weight excluding hydrogens is 316 g/mol. The highest BCUT2D eigenvalue weighted by Gasteiger charge is 2.08. The predicted molar refractivity (Wildman–Crippen MR) is 100.0 cm³/mol. The van der Waals surface area contributed by atoms with Gasteiger partial charge in [-0.15, -0.1) is 0 Å². The van der Waals surface area contributed by atoms with Crippen LogP contribution < -0.4 is 15.4 Å². The lowest BCUT2D eigenvalue weighted by molar-refractivity contribution is -0.119. The van der Waals surface area contributed by atoms with Gasteiger partial charge in [0.1, 0.15) is 5.75 Å². The van der Waals surface area contributed by atoms with Crippen LogP contribution in [0.3, 0.4) is 0 Å². The highest BCUT2D eigenvalue weighted by Crippen LogP contribution is 2.18. The van der Waals surface area contributed by atoms with E-state index in [0.717, 1.165) is 11.3 Å². The molecule has 0 aliphatic carbocycles. The summed E-state index contributed by atoms with van der Waals surface area (Å²) in [5.41, 5.74) is 3.68. The molecule has 0 unspecified atom stereocenters. The Kier molecular flexibility index (Phi) is 6.17. The number of benzene rings is 2. The maximum Gasteiger partial charge on any atom is 0.262 e. The van der Waals surface area contributed by atoms with Gasteiger partial charge in [-0.1, -0.05) is 26.0 Å². The predicted octanol–water partition coefficient (Wildman–Crippen LogP) is 3.92. The Bertz CT molecular complexity index is 769. The number of aryl methyl sites for hydroxylation is 2. The van der Waals surface area contributed by atoms with Crippen molar-refractivity contribution in [1.29, 1.82) is 0 Å². The third kappa shape index (κ3) is 5.64. The molecule has 25 heavy (non-hydrogen) atoms. The van der Waals surface area contributed by atoms with Crippen molar-refractivity contribution in [2.45, 2.75) is 27.7 Å². The maximum atomic E-state index is 12.0. The number of carbonyl (C=O) groups is 2. The minimum Gasteiger partial charge on any atom is -0.484 e. The summed E-state index contributed by atoms with van der Waals surface area (Å²) in [5.74, 6) is 0.120.